The minimum atomic E-state index is 0.253. The molecule has 1 atom stereocenters. The van der Waals surface area contributed by atoms with E-state index in [2.05, 4.69) is 44.3 Å². The number of nitrogens with one attached hydrogen (secondary N) is 1. The Morgan fingerprint density at radius 2 is 2.24 bits per heavy atom. The second kappa shape index (κ2) is 5.54. The fraction of sp³-hybridized carbons (Fsp3) is 0.600. The Hall–Kier alpha value is -1.02. The largest absolute Gasteiger partial charge is 0.491 e. The molecular weight excluding hydrogens is 210 g/mol. The fourth-order valence-corrected chi connectivity index (χ4v) is 2.47. The van der Waals surface area contributed by atoms with E-state index in [0.29, 0.717) is 6.04 Å². The van der Waals surface area contributed by atoms with Crippen LogP contribution >= 0.6 is 0 Å². The number of fused-ring (bicyclic) bond motifs is 1. The molecule has 0 bridgehead atoms. The van der Waals surface area contributed by atoms with E-state index < -0.39 is 0 Å². The van der Waals surface area contributed by atoms with E-state index in [1.165, 1.54) is 30.4 Å². The molecule has 94 valence electrons. The molecule has 1 aliphatic rings. The lowest BCUT2D eigenvalue weighted by Gasteiger charge is -2.14. The highest BCUT2D eigenvalue weighted by Crippen LogP contribution is 2.33. The van der Waals surface area contributed by atoms with Crippen LogP contribution in [0.4, 0.5) is 0 Å². The minimum Gasteiger partial charge on any atom is -0.491 e. The predicted octanol–water partition coefficient (Wildman–Crippen LogP) is 3.46. The summed E-state index contributed by atoms with van der Waals surface area (Å²) in [6.07, 6.45) is 3.84. The summed E-state index contributed by atoms with van der Waals surface area (Å²) in [6.45, 7) is 7.45. The summed E-state index contributed by atoms with van der Waals surface area (Å²) in [7, 11) is 0. The van der Waals surface area contributed by atoms with E-state index in [4.69, 9.17) is 4.74 Å². The number of aryl methyl sites for hydroxylation is 1. The molecule has 1 aromatic rings. The highest BCUT2D eigenvalue weighted by Gasteiger charge is 2.21. The molecule has 0 radical (unpaired) electrons. The number of ether oxygens (including phenoxy) is 1. The normalized spacial score (nSPS) is 18.5. The van der Waals surface area contributed by atoms with E-state index in [1.54, 1.807) is 0 Å². The molecule has 0 fully saturated rings. The molecule has 0 aliphatic heterocycles. The Bertz CT molecular complexity index is 373. The minimum absolute atomic E-state index is 0.253. The van der Waals surface area contributed by atoms with Crippen LogP contribution in [0.1, 0.15) is 50.8 Å². The first-order valence-corrected chi connectivity index (χ1v) is 6.73. The summed E-state index contributed by atoms with van der Waals surface area (Å²) >= 11 is 0. The lowest BCUT2D eigenvalue weighted by Crippen LogP contribution is -2.19. The molecule has 2 rings (SSSR count). The molecule has 0 saturated heterocycles. The van der Waals surface area contributed by atoms with Gasteiger partial charge in [-0.15, -0.1) is 0 Å². The highest BCUT2D eigenvalue weighted by molar-refractivity contribution is 5.40. The number of hydrogen-bond acceptors (Lipinski definition) is 2. The third-order valence-corrected chi connectivity index (χ3v) is 3.20. The van der Waals surface area contributed by atoms with Gasteiger partial charge in [0, 0.05) is 6.04 Å². The van der Waals surface area contributed by atoms with Crippen molar-refractivity contribution in [3.8, 4) is 5.75 Å². The Morgan fingerprint density at radius 1 is 1.41 bits per heavy atom. The van der Waals surface area contributed by atoms with E-state index in [1.807, 2.05) is 0 Å². The van der Waals surface area contributed by atoms with E-state index >= 15 is 0 Å². The van der Waals surface area contributed by atoms with Crippen molar-refractivity contribution in [1.82, 2.24) is 5.32 Å². The van der Waals surface area contributed by atoms with E-state index in [9.17, 15) is 0 Å². The summed E-state index contributed by atoms with van der Waals surface area (Å²) in [5.74, 6) is 1.01. The fourth-order valence-electron chi connectivity index (χ4n) is 2.47. The molecule has 0 spiro atoms. The van der Waals surface area contributed by atoms with Crippen LogP contribution < -0.4 is 10.1 Å². The molecule has 0 aromatic heterocycles. The Balaban J connectivity index is 2.08. The van der Waals surface area contributed by atoms with Crippen LogP contribution in [0, 0.1) is 0 Å². The van der Waals surface area contributed by atoms with Crippen molar-refractivity contribution in [3.63, 3.8) is 0 Å². The summed E-state index contributed by atoms with van der Waals surface area (Å²) < 4.78 is 5.74. The Morgan fingerprint density at radius 3 is 2.94 bits per heavy atom. The number of rotatable bonds is 5. The number of benzene rings is 1. The first kappa shape index (κ1) is 12.4. The van der Waals surface area contributed by atoms with Crippen LogP contribution in [0.5, 0.6) is 5.75 Å². The summed E-state index contributed by atoms with van der Waals surface area (Å²) in [4.78, 5) is 0. The number of hydrogen-bond donors (Lipinski definition) is 1. The quantitative estimate of drug-likeness (QED) is 0.841. The van der Waals surface area contributed by atoms with Crippen molar-refractivity contribution in [1.29, 1.82) is 0 Å². The van der Waals surface area contributed by atoms with Gasteiger partial charge in [0.1, 0.15) is 5.75 Å². The van der Waals surface area contributed by atoms with Crippen molar-refractivity contribution in [2.45, 2.75) is 52.2 Å². The van der Waals surface area contributed by atoms with Gasteiger partial charge in [0.15, 0.2) is 0 Å². The van der Waals surface area contributed by atoms with Crippen LogP contribution in [0.3, 0.4) is 0 Å². The topological polar surface area (TPSA) is 21.3 Å². The van der Waals surface area contributed by atoms with E-state index in [0.717, 1.165) is 12.3 Å². The van der Waals surface area contributed by atoms with Crippen LogP contribution in [0.25, 0.3) is 0 Å². The van der Waals surface area contributed by atoms with E-state index in [-0.39, 0.29) is 6.10 Å². The maximum Gasteiger partial charge on any atom is 0.119 e. The van der Waals surface area contributed by atoms with Gasteiger partial charge < -0.3 is 10.1 Å². The van der Waals surface area contributed by atoms with Gasteiger partial charge in [-0.25, -0.2) is 0 Å². The smallest absolute Gasteiger partial charge is 0.119 e. The predicted molar refractivity (Wildman–Crippen MR) is 71.6 cm³/mol. The van der Waals surface area contributed by atoms with Gasteiger partial charge in [-0.2, -0.15) is 0 Å². The molecule has 0 heterocycles. The lowest BCUT2D eigenvalue weighted by molar-refractivity contribution is 0.242. The van der Waals surface area contributed by atoms with Gasteiger partial charge in [0.2, 0.25) is 0 Å². The summed E-state index contributed by atoms with van der Waals surface area (Å²) in [6, 6.07) is 7.10. The van der Waals surface area contributed by atoms with Crippen LogP contribution in [0.15, 0.2) is 18.2 Å². The molecule has 0 amide bonds. The maximum atomic E-state index is 5.74. The maximum absolute atomic E-state index is 5.74. The van der Waals surface area contributed by atoms with Crippen molar-refractivity contribution in [2.24, 2.45) is 0 Å². The zero-order chi connectivity index (χ0) is 12.3. The molecule has 17 heavy (non-hydrogen) atoms. The van der Waals surface area contributed by atoms with Crippen molar-refractivity contribution in [3.05, 3.63) is 29.3 Å². The van der Waals surface area contributed by atoms with Gasteiger partial charge >= 0.3 is 0 Å². The van der Waals surface area contributed by atoms with Crippen molar-refractivity contribution < 1.29 is 4.74 Å². The molecule has 0 saturated carbocycles. The zero-order valence-corrected chi connectivity index (χ0v) is 11.1. The van der Waals surface area contributed by atoms with Crippen molar-refractivity contribution >= 4 is 0 Å². The summed E-state index contributed by atoms with van der Waals surface area (Å²) in [5, 5.41) is 3.61. The zero-order valence-electron chi connectivity index (χ0n) is 11.1. The molecule has 2 heteroatoms. The summed E-state index contributed by atoms with van der Waals surface area (Å²) in [5.41, 5.74) is 2.92. The monoisotopic (exact) mass is 233 g/mol. The van der Waals surface area contributed by atoms with Crippen LogP contribution in [-0.2, 0) is 6.42 Å². The van der Waals surface area contributed by atoms with Gasteiger partial charge in [-0.3, -0.25) is 0 Å². The standard InChI is InChI=1S/C15H23NO/c1-4-9-16-15-8-5-12-10-13(17-11(2)3)6-7-14(12)15/h6-7,10-11,15-16H,4-5,8-9H2,1-3H3. The first-order valence-electron chi connectivity index (χ1n) is 6.73. The average Bonchev–Trinajstić information content (AvgIpc) is 2.68. The first-order chi connectivity index (χ1) is 8.20. The van der Waals surface area contributed by atoms with Gasteiger partial charge in [0.05, 0.1) is 6.10 Å². The van der Waals surface area contributed by atoms with Crippen LogP contribution in [0.2, 0.25) is 0 Å². The SMILES string of the molecule is CCCNC1CCc2cc(OC(C)C)ccc21. The second-order valence-corrected chi connectivity index (χ2v) is 5.07. The van der Waals surface area contributed by atoms with Crippen molar-refractivity contribution in [2.75, 3.05) is 6.54 Å². The van der Waals surface area contributed by atoms with Crippen LogP contribution in [-0.4, -0.2) is 12.6 Å². The third-order valence-electron chi connectivity index (χ3n) is 3.20. The molecule has 2 nitrogen and oxygen atoms in total. The molecule has 1 aliphatic carbocycles. The molecule has 1 aromatic carbocycles. The second-order valence-electron chi connectivity index (χ2n) is 5.07. The van der Waals surface area contributed by atoms with Gasteiger partial charge in [-0.05, 0) is 62.9 Å². The Labute approximate surface area is 104 Å². The Kier molecular flexibility index (Phi) is 4.06. The molecule has 1 N–H and O–H groups in total. The highest BCUT2D eigenvalue weighted by atomic mass is 16.5. The molecule has 1 unspecified atom stereocenters. The molecular formula is C15H23NO. The third kappa shape index (κ3) is 3.01. The lowest BCUT2D eigenvalue weighted by atomic mass is 10.1. The van der Waals surface area contributed by atoms with Gasteiger partial charge in [-0.1, -0.05) is 13.0 Å². The van der Waals surface area contributed by atoms with Gasteiger partial charge in [0.25, 0.3) is 0 Å². The average molecular weight is 233 g/mol.